The third-order valence-corrected chi connectivity index (χ3v) is 3.82. The molecule has 0 aliphatic heterocycles. The Bertz CT molecular complexity index is 340. The van der Waals surface area contributed by atoms with Crippen LogP contribution in [0.4, 0.5) is 0 Å². The highest BCUT2D eigenvalue weighted by molar-refractivity contribution is 9.11. The van der Waals surface area contributed by atoms with Gasteiger partial charge >= 0.3 is 0 Å². The van der Waals surface area contributed by atoms with Gasteiger partial charge in [0.25, 0.3) is 0 Å². The van der Waals surface area contributed by atoms with Crippen molar-refractivity contribution in [1.29, 1.82) is 0 Å². The molecule has 1 rings (SSSR count). The Balaban J connectivity index is 2.34. The van der Waals surface area contributed by atoms with Crippen LogP contribution >= 0.6 is 27.3 Å². The van der Waals surface area contributed by atoms with Gasteiger partial charge in [0.2, 0.25) is 5.91 Å². The van der Waals surface area contributed by atoms with E-state index in [2.05, 4.69) is 15.9 Å². The molecule has 1 N–H and O–H groups in total. The van der Waals surface area contributed by atoms with Crippen molar-refractivity contribution >= 4 is 33.2 Å². The standard InChI is InChI=1S/C11H16BrNO2S/c1-13(11(15)4-2-3-5-14)7-9-6-10(12)16-8-9/h6,8,14H,2-5,7H2,1H3. The van der Waals surface area contributed by atoms with Crippen LogP contribution in [0.25, 0.3) is 0 Å². The van der Waals surface area contributed by atoms with E-state index in [0.29, 0.717) is 19.4 Å². The third kappa shape index (κ3) is 4.63. The first-order valence-corrected chi connectivity index (χ1v) is 6.88. The van der Waals surface area contributed by atoms with Gasteiger partial charge in [-0.25, -0.2) is 0 Å². The maximum atomic E-state index is 11.7. The molecule has 0 spiro atoms. The largest absolute Gasteiger partial charge is 0.396 e. The van der Waals surface area contributed by atoms with E-state index in [1.807, 2.05) is 18.5 Å². The Hall–Kier alpha value is -0.390. The summed E-state index contributed by atoms with van der Waals surface area (Å²) in [5.41, 5.74) is 1.15. The minimum Gasteiger partial charge on any atom is -0.396 e. The van der Waals surface area contributed by atoms with Crippen LogP contribution < -0.4 is 0 Å². The van der Waals surface area contributed by atoms with E-state index in [1.54, 1.807) is 16.2 Å². The monoisotopic (exact) mass is 305 g/mol. The van der Waals surface area contributed by atoms with Gasteiger partial charge in [-0.15, -0.1) is 11.3 Å². The number of unbranched alkanes of at least 4 members (excludes halogenated alkanes) is 1. The van der Waals surface area contributed by atoms with E-state index in [0.717, 1.165) is 15.8 Å². The summed E-state index contributed by atoms with van der Waals surface area (Å²) >= 11 is 5.02. The molecule has 16 heavy (non-hydrogen) atoms. The summed E-state index contributed by atoms with van der Waals surface area (Å²) in [6.07, 6.45) is 1.97. The van der Waals surface area contributed by atoms with Gasteiger partial charge in [0.05, 0.1) is 3.79 Å². The average Bonchev–Trinajstić information content (AvgIpc) is 2.64. The maximum Gasteiger partial charge on any atom is 0.222 e. The third-order valence-electron chi connectivity index (χ3n) is 2.27. The topological polar surface area (TPSA) is 40.5 Å². The van der Waals surface area contributed by atoms with E-state index in [4.69, 9.17) is 5.11 Å². The van der Waals surface area contributed by atoms with Crippen molar-refractivity contribution in [1.82, 2.24) is 4.90 Å². The fourth-order valence-electron chi connectivity index (χ4n) is 1.37. The van der Waals surface area contributed by atoms with Crippen LogP contribution in [0.5, 0.6) is 0 Å². The molecular formula is C11H16BrNO2S. The molecule has 1 aromatic rings. The summed E-state index contributed by atoms with van der Waals surface area (Å²) in [5, 5.41) is 10.7. The van der Waals surface area contributed by atoms with E-state index in [9.17, 15) is 4.79 Å². The van der Waals surface area contributed by atoms with Gasteiger partial charge in [0, 0.05) is 26.6 Å². The molecule has 0 unspecified atom stereocenters. The van der Waals surface area contributed by atoms with Gasteiger partial charge in [-0.1, -0.05) is 0 Å². The van der Waals surface area contributed by atoms with Crippen molar-refractivity contribution in [3.63, 3.8) is 0 Å². The molecule has 0 atom stereocenters. The second-order valence-corrected chi connectivity index (χ2v) is 5.98. The molecule has 90 valence electrons. The highest BCUT2D eigenvalue weighted by atomic mass is 79.9. The van der Waals surface area contributed by atoms with E-state index in [1.165, 1.54) is 0 Å². The lowest BCUT2D eigenvalue weighted by Crippen LogP contribution is -2.25. The molecule has 5 heteroatoms. The lowest BCUT2D eigenvalue weighted by atomic mass is 10.2. The molecule has 0 bridgehead atoms. The Morgan fingerprint density at radius 2 is 2.31 bits per heavy atom. The molecule has 0 saturated carbocycles. The predicted molar refractivity (Wildman–Crippen MR) is 69.4 cm³/mol. The van der Waals surface area contributed by atoms with Crippen molar-refractivity contribution in [2.24, 2.45) is 0 Å². The molecular weight excluding hydrogens is 290 g/mol. The van der Waals surface area contributed by atoms with Crippen LogP contribution in [-0.4, -0.2) is 29.6 Å². The molecule has 1 amide bonds. The number of hydrogen-bond acceptors (Lipinski definition) is 3. The van der Waals surface area contributed by atoms with Crippen LogP contribution in [0.1, 0.15) is 24.8 Å². The quantitative estimate of drug-likeness (QED) is 0.821. The van der Waals surface area contributed by atoms with Crippen LogP contribution in [0.2, 0.25) is 0 Å². The van der Waals surface area contributed by atoms with E-state index < -0.39 is 0 Å². The molecule has 0 saturated heterocycles. The summed E-state index contributed by atoms with van der Waals surface area (Å²) in [6.45, 7) is 0.814. The number of carbonyl (C=O) groups is 1. The molecule has 1 aromatic heterocycles. The Kier molecular flexibility index (Phi) is 6.01. The van der Waals surface area contributed by atoms with Crippen molar-refractivity contribution in [2.45, 2.75) is 25.8 Å². The fourth-order valence-corrected chi connectivity index (χ4v) is 2.57. The van der Waals surface area contributed by atoms with Gasteiger partial charge < -0.3 is 10.0 Å². The fraction of sp³-hybridized carbons (Fsp3) is 0.545. The van der Waals surface area contributed by atoms with Gasteiger partial charge in [-0.05, 0) is 45.8 Å². The number of carbonyl (C=O) groups excluding carboxylic acids is 1. The lowest BCUT2D eigenvalue weighted by Gasteiger charge is -2.16. The Morgan fingerprint density at radius 1 is 1.56 bits per heavy atom. The first kappa shape index (κ1) is 13.7. The van der Waals surface area contributed by atoms with Gasteiger partial charge in [0.1, 0.15) is 0 Å². The summed E-state index contributed by atoms with van der Waals surface area (Å²) in [6, 6.07) is 2.03. The van der Waals surface area contributed by atoms with Crippen molar-refractivity contribution in [2.75, 3.05) is 13.7 Å². The molecule has 0 aliphatic rings. The lowest BCUT2D eigenvalue weighted by molar-refractivity contribution is -0.130. The minimum atomic E-state index is 0.135. The van der Waals surface area contributed by atoms with Crippen LogP contribution in [-0.2, 0) is 11.3 Å². The zero-order valence-electron chi connectivity index (χ0n) is 9.28. The van der Waals surface area contributed by atoms with Crippen molar-refractivity contribution in [3.05, 3.63) is 20.8 Å². The second kappa shape index (κ2) is 7.04. The summed E-state index contributed by atoms with van der Waals surface area (Å²) in [7, 11) is 1.81. The summed E-state index contributed by atoms with van der Waals surface area (Å²) in [4.78, 5) is 13.4. The van der Waals surface area contributed by atoms with Crippen LogP contribution in [0, 0.1) is 0 Å². The van der Waals surface area contributed by atoms with Gasteiger partial charge in [-0.2, -0.15) is 0 Å². The van der Waals surface area contributed by atoms with Gasteiger partial charge in [-0.3, -0.25) is 4.79 Å². The zero-order chi connectivity index (χ0) is 12.0. The molecule has 0 aromatic carbocycles. The number of hydrogen-bond donors (Lipinski definition) is 1. The number of amides is 1. The summed E-state index contributed by atoms with van der Waals surface area (Å²) < 4.78 is 1.09. The van der Waals surface area contributed by atoms with E-state index >= 15 is 0 Å². The number of aliphatic hydroxyl groups is 1. The molecule has 0 fully saturated rings. The number of halogens is 1. The second-order valence-electron chi connectivity index (χ2n) is 3.69. The van der Waals surface area contributed by atoms with Crippen molar-refractivity contribution in [3.8, 4) is 0 Å². The number of aliphatic hydroxyl groups excluding tert-OH is 1. The first-order valence-electron chi connectivity index (χ1n) is 5.21. The SMILES string of the molecule is CN(Cc1csc(Br)c1)C(=O)CCCCO. The number of rotatable bonds is 6. The molecule has 0 radical (unpaired) electrons. The Labute approximate surface area is 108 Å². The highest BCUT2D eigenvalue weighted by Gasteiger charge is 2.09. The summed E-state index contributed by atoms with van der Waals surface area (Å²) in [5.74, 6) is 0.135. The predicted octanol–water partition coefficient (Wildman–Crippen LogP) is 2.63. The van der Waals surface area contributed by atoms with Gasteiger partial charge in [0.15, 0.2) is 0 Å². The highest BCUT2D eigenvalue weighted by Crippen LogP contribution is 2.21. The maximum absolute atomic E-state index is 11.7. The smallest absolute Gasteiger partial charge is 0.222 e. The number of nitrogens with zero attached hydrogens (tertiary/aromatic N) is 1. The first-order chi connectivity index (χ1) is 7.63. The average molecular weight is 306 g/mol. The van der Waals surface area contributed by atoms with Crippen LogP contribution in [0.15, 0.2) is 15.2 Å². The Morgan fingerprint density at radius 3 is 2.88 bits per heavy atom. The minimum absolute atomic E-state index is 0.135. The zero-order valence-corrected chi connectivity index (χ0v) is 11.7. The van der Waals surface area contributed by atoms with Crippen LogP contribution in [0.3, 0.4) is 0 Å². The molecule has 3 nitrogen and oxygen atoms in total. The van der Waals surface area contributed by atoms with Crippen molar-refractivity contribution < 1.29 is 9.90 Å². The molecule has 1 heterocycles. The number of thiophene rings is 1. The molecule has 0 aliphatic carbocycles. The van der Waals surface area contributed by atoms with E-state index in [-0.39, 0.29) is 12.5 Å². The normalized spacial score (nSPS) is 10.4.